The standard InChI is InChI=1S/C15H19NO2/c1-11-8-13-9-14(2-3-15(13)16-11)18-7-5-12-4-6-17-10-12/h2-3,8-9,12,16H,4-7,10H2,1H3. The van der Waals surface area contributed by atoms with Crippen LogP contribution in [-0.2, 0) is 4.74 Å². The highest BCUT2D eigenvalue weighted by molar-refractivity contribution is 5.81. The minimum atomic E-state index is 0.684. The summed E-state index contributed by atoms with van der Waals surface area (Å²) in [6.07, 6.45) is 2.27. The molecule has 0 radical (unpaired) electrons. The second-order valence-electron chi connectivity index (χ2n) is 5.07. The fourth-order valence-corrected chi connectivity index (χ4v) is 2.50. The van der Waals surface area contributed by atoms with E-state index < -0.39 is 0 Å². The molecule has 2 aromatic rings. The van der Waals surface area contributed by atoms with Crippen LogP contribution in [0.3, 0.4) is 0 Å². The Labute approximate surface area is 107 Å². The van der Waals surface area contributed by atoms with Crippen LogP contribution in [0.2, 0.25) is 0 Å². The van der Waals surface area contributed by atoms with Crippen LogP contribution in [0, 0.1) is 12.8 Å². The second-order valence-corrected chi connectivity index (χ2v) is 5.07. The van der Waals surface area contributed by atoms with Crippen molar-refractivity contribution in [1.29, 1.82) is 0 Å². The first-order valence-electron chi connectivity index (χ1n) is 6.61. The third-order valence-electron chi connectivity index (χ3n) is 3.55. The Morgan fingerprint density at radius 2 is 2.33 bits per heavy atom. The molecule has 1 aromatic carbocycles. The van der Waals surface area contributed by atoms with E-state index in [-0.39, 0.29) is 0 Å². The summed E-state index contributed by atoms with van der Waals surface area (Å²) in [5, 5.41) is 1.22. The predicted molar refractivity (Wildman–Crippen MR) is 72.1 cm³/mol. The van der Waals surface area contributed by atoms with Gasteiger partial charge in [0.25, 0.3) is 0 Å². The van der Waals surface area contributed by atoms with Gasteiger partial charge in [-0.1, -0.05) is 0 Å². The van der Waals surface area contributed by atoms with Gasteiger partial charge in [-0.2, -0.15) is 0 Å². The van der Waals surface area contributed by atoms with Crippen LogP contribution in [0.5, 0.6) is 5.75 Å². The number of aryl methyl sites for hydroxylation is 1. The molecule has 1 atom stereocenters. The Hall–Kier alpha value is -1.48. The average molecular weight is 245 g/mol. The van der Waals surface area contributed by atoms with E-state index in [4.69, 9.17) is 9.47 Å². The third-order valence-corrected chi connectivity index (χ3v) is 3.55. The van der Waals surface area contributed by atoms with Crippen LogP contribution in [-0.4, -0.2) is 24.8 Å². The van der Waals surface area contributed by atoms with Crippen molar-refractivity contribution >= 4 is 10.9 Å². The monoisotopic (exact) mass is 245 g/mol. The van der Waals surface area contributed by atoms with Gasteiger partial charge in [0.1, 0.15) is 5.75 Å². The molecule has 1 aliphatic heterocycles. The van der Waals surface area contributed by atoms with Gasteiger partial charge in [-0.15, -0.1) is 0 Å². The Bertz CT molecular complexity index is 526. The summed E-state index contributed by atoms with van der Waals surface area (Å²) in [6, 6.07) is 8.36. The molecule has 1 aliphatic rings. The zero-order chi connectivity index (χ0) is 12.4. The van der Waals surface area contributed by atoms with Crippen molar-refractivity contribution in [3.8, 4) is 5.75 Å². The Kier molecular flexibility index (Phi) is 3.24. The first-order chi connectivity index (χ1) is 8.81. The van der Waals surface area contributed by atoms with Crippen LogP contribution in [0.4, 0.5) is 0 Å². The molecule has 0 saturated carbocycles. The van der Waals surface area contributed by atoms with Gasteiger partial charge in [0.15, 0.2) is 0 Å². The van der Waals surface area contributed by atoms with Crippen molar-refractivity contribution in [2.45, 2.75) is 19.8 Å². The van der Waals surface area contributed by atoms with E-state index >= 15 is 0 Å². The summed E-state index contributed by atoms with van der Waals surface area (Å²) in [6.45, 7) is 4.67. The van der Waals surface area contributed by atoms with Crippen molar-refractivity contribution in [2.24, 2.45) is 5.92 Å². The summed E-state index contributed by atoms with van der Waals surface area (Å²) < 4.78 is 11.2. The number of rotatable bonds is 4. The fourth-order valence-electron chi connectivity index (χ4n) is 2.50. The number of hydrogen-bond acceptors (Lipinski definition) is 2. The van der Waals surface area contributed by atoms with Crippen LogP contribution < -0.4 is 4.74 Å². The van der Waals surface area contributed by atoms with Crippen molar-refractivity contribution in [1.82, 2.24) is 4.98 Å². The maximum absolute atomic E-state index is 5.82. The molecule has 3 nitrogen and oxygen atoms in total. The molecule has 1 unspecified atom stereocenters. The van der Waals surface area contributed by atoms with E-state index in [0.29, 0.717) is 5.92 Å². The van der Waals surface area contributed by atoms with Gasteiger partial charge in [0, 0.05) is 29.8 Å². The van der Waals surface area contributed by atoms with E-state index in [1.165, 1.54) is 23.0 Å². The van der Waals surface area contributed by atoms with Gasteiger partial charge in [-0.05, 0) is 49.9 Å². The first kappa shape index (κ1) is 11.6. The Morgan fingerprint density at radius 1 is 1.39 bits per heavy atom. The number of benzene rings is 1. The maximum atomic E-state index is 5.82. The van der Waals surface area contributed by atoms with Gasteiger partial charge in [0.2, 0.25) is 0 Å². The molecule has 1 N–H and O–H groups in total. The lowest BCUT2D eigenvalue weighted by Gasteiger charge is -2.09. The van der Waals surface area contributed by atoms with Crippen molar-refractivity contribution in [2.75, 3.05) is 19.8 Å². The number of hydrogen-bond donors (Lipinski definition) is 1. The number of aromatic nitrogens is 1. The zero-order valence-electron chi connectivity index (χ0n) is 10.7. The minimum Gasteiger partial charge on any atom is -0.494 e. The summed E-state index contributed by atoms with van der Waals surface area (Å²) in [4.78, 5) is 3.31. The van der Waals surface area contributed by atoms with Gasteiger partial charge < -0.3 is 14.5 Å². The largest absolute Gasteiger partial charge is 0.494 e. The molecule has 0 spiro atoms. The summed E-state index contributed by atoms with van der Waals surface area (Å²) in [5.74, 6) is 1.64. The molecule has 2 heterocycles. The number of ether oxygens (including phenoxy) is 2. The molecule has 96 valence electrons. The number of aromatic amines is 1. The van der Waals surface area contributed by atoms with E-state index in [1.807, 2.05) is 6.07 Å². The van der Waals surface area contributed by atoms with Gasteiger partial charge in [-0.3, -0.25) is 0 Å². The molecular formula is C15H19NO2. The molecule has 0 aliphatic carbocycles. The highest BCUT2D eigenvalue weighted by Gasteiger charge is 2.15. The Morgan fingerprint density at radius 3 is 3.17 bits per heavy atom. The smallest absolute Gasteiger partial charge is 0.120 e. The molecule has 1 aromatic heterocycles. The van der Waals surface area contributed by atoms with Crippen molar-refractivity contribution in [3.63, 3.8) is 0 Å². The molecule has 3 rings (SSSR count). The highest BCUT2D eigenvalue weighted by Crippen LogP contribution is 2.22. The van der Waals surface area contributed by atoms with E-state index in [1.54, 1.807) is 0 Å². The summed E-state index contributed by atoms with van der Waals surface area (Å²) >= 11 is 0. The van der Waals surface area contributed by atoms with E-state index in [9.17, 15) is 0 Å². The highest BCUT2D eigenvalue weighted by atomic mass is 16.5. The minimum absolute atomic E-state index is 0.684. The zero-order valence-corrected chi connectivity index (χ0v) is 10.7. The van der Waals surface area contributed by atoms with Crippen LogP contribution in [0.25, 0.3) is 10.9 Å². The molecule has 18 heavy (non-hydrogen) atoms. The third kappa shape index (κ3) is 2.51. The number of nitrogens with one attached hydrogen (secondary N) is 1. The second kappa shape index (κ2) is 5.02. The lowest BCUT2D eigenvalue weighted by atomic mass is 10.1. The van der Waals surface area contributed by atoms with Gasteiger partial charge >= 0.3 is 0 Å². The number of H-pyrrole nitrogens is 1. The molecule has 1 fully saturated rings. The average Bonchev–Trinajstić information content (AvgIpc) is 2.96. The summed E-state index contributed by atoms with van der Waals surface area (Å²) in [7, 11) is 0. The lowest BCUT2D eigenvalue weighted by molar-refractivity contribution is 0.178. The fraction of sp³-hybridized carbons (Fsp3) is 0.467. The lowest BCUT2D eigenvalue weighted by Crippen LogP contribution is -2.06. The molecule has 3 heteroatoms. The Balaban J connectivity index is 1.59. The molecule has 0 bridgehead atoms. The summed E-state index contributed by atoms with van der Waals surface area (Å²) in [5.41, 5.74) is 2.36. The van der Waals surface area contributed by atoms with E-state index in [2.05, 4.69) is 30.1 Å². The van der Waals surface area contributed by atoms with Gasteiger partial charge in [-0.25, -0.2) is 0 Å². The first-order valence-corrected chi connectivity index (χ1v) is 6.61. The molecule has 0 amide bonds. The van der Waals surface area contributed by atoms with Crippen molar-refractivity contribution in [3.05, 3.63) is 30.0 Å². The number of fused-ring (bicyclic) bond motifs is 1. The van der Waals surface area contributed by atoms with Crippen LogP contribution in [0.15, 0.2) is 24.3 Å². The van der Waals surface area contributed by atoms with E-state index in [0.717, 1.165) is 32.0 Å². The molecular weight excluding hydrogens is 226 g/mol. The maximum Gasteiger partial charge on any atom is 0.120 e. The SMILES string of the molecule is Cc1cc2cc(OCCC3CCOC3)ccc2[nH]1. The molecule has 1 saturated heterocycles. The van der Waals surface area contributed by atoms with Crippen LogP contribution in [0.1, 0.15) is 18.5 Å². The van der Waals surface area contributed by atoms with Crippen molar-refractivity contribution < 1.29 is 9.47 Å². The predicted octanol–water partition coefficient (Wildman–Crippen LogP) is 3.28. The van der Waals surface area contributed by atoms with Crippen LogP contribution >= 0.6 is 0 Å². The topological polar surface area (TPSA) is 34.2 Å². The van der Waals surface area contributed by atoms with Gasteiger partial charge in [0.05, 0.1) is 6.61 Å². The quantitative estimate of drug-likeness (QED) is 0.897. The normalized spacial score (nSPS) is 19.5.